The summed E-state index contributed by atoms with van der Waals surface area (Å²) in [6, 6.07) is 0. The van der Waals surface area contributed by atoms with Crippen LogP contribution in [-0.2, 0) is 16.9 Å². The van der Waals surface area contributed by atoms with Gasteiger partial charge in [0, 0.05) is 7.11 Å². The van der Waals surface area contributed by atoms with Crippen LogP contribution >= 0.6 is 0 Å². The van der Waals surface area contributed by atoms with Gasteiger partial charge in [0.05, 0.1) is 18.5 Å². The molecule has 4 nitrogen and oxygen atoms in total. The molecule has 0 aliphatic heterocycles. The van der Waals surface area contributed by atoms with Gasteiger partial charge in [-0.3, -0.25) is 0 Å². The summed E-state index contributed by atoms with van der Waals surface area (Å²) in [4.78, 5) is 7.52. The van der Waals surface area contributed by atoms with Crippen LogP contribution in [-0.4, -0.2) is 22.2 Å². The maximum absolute atomic E-state index is 9.05. The van der Waals surface area contributed by atoms with Gasteiger partial charge >= 0.3 is 0 Å². The molecule has 2 N–H and O–H groups in total. The predicted molar refractivity (Wildman–Crippen MR) is 60.9 cm³/mol. The van der Waals surface area contributed by atoms with E-state index in [0.29, 0.717) is 0 Å². The van der Waals surface area contributed by atoms with Gasteiger partial charge in [-0.2, -0.15) is 0 Å². The van der Waals surface area contributed by atoms with E-state index in [1.165, 1.54) is 25.7 Å². The van der Waals surface area contributed by atoms with Gasteiger partial charge in [-0.25, -0.2) is 4.98 Å². The summed E-state index contributed by atoms with van der Waals surface area (Å²) >= 11 is 0. The smallest absolute Gasteiger partial charge is 0.138 e. The second kappa shape index (κ2) is 4.97. The number of aromatic amines is 1. The summed E-state index contributed by atoms with van der Waals surface area (Å²) in [5, 5.41) is 9.05. The number of nitrogens with one attached hydrogen (secondary N) is 1. The van der Waals surface area contributed by atoms with Gasteiger partial charge < -0.3 is 14.8 Å². The zero-order valence-corrected chi connectivity index (χ0v) is 9.83. The maximum atomic E-state index is 9.05. The molecule has 0 atom stereocenters. The highest BCUT2D eigenvalue weighted by molar-refractivity contribution is 5.09. The Balaban J connectivity index is 2.24. The van der Waals surface area contributed by atoms with Gasteiger partial charge in [0.1, 0.15) is 11.4 Å². The molecule has 0 spiro atoms. The third kappa shape index (κ3) is 2.13. The molecule has 2 rings (SSSR count). The molecule has 0 amide bonds. The monoisotopic (exact) mass is 224 g/mol. The van der Waals surface area contributed by atoms with E-state index < -0.39 is 0 Å². The number of aliphatic hydroxyl groups excluding tert-OH is 1. The van der Waals surface area contributed by atoms with Crippen LogP contribution in [0.1, 0.15) is 50.0 Å². The lowest BCUT2D eigenvalue weighted by Gasteiger charge is -2.29. The summed E-state index contributed by atoms with van der Waals surface area (Å²) in [6.45, 7) is 0.00674. The van der Waals surface area contributed by atoms with Gasteiger partial charge in [0.25, 0.3) is 0 Å². The summed E-state index contributed by atoms with van der Waals surface area (Å²) in [6.07, 6.45) is 8.65. The zero-order chi connectivity index (χ0) is 11.4. The molecule has 4 heteroatoms. The summed E-state index contributed by atoms with van der Waals surface area (Å²) in [5.74, 6) is 0.876. The van der Waals surface area contributed by atoms with Crippen molar-refractivity contribution in [3.8, 4) is 0 Å². The molecule has 1 aliphatic rings. The number of methoxy groups -OCH3 is 1. The molecular weight excluding hydrogens is 204 g/mol. The van der Waals surface area contributed by atoms with Crippen molar-refractivity contribution < 1.29 is 9.84 Å². The van der Waals surface area contributed by atoms with E-state index in [0.717, 1.165) is 24.4 Å². The molecule has 1 fully saturated rings. The van der Waals surface area contributed by atoms with E-state index >= 15 is 0 Å². The predicted octanol–water partition coefficient (Wildman–Crippen LogP) is 2.10. The van der Waals surface area contributed by atoms with Crippen molar-refractivity contribution in [1.82, 2.24) is 9.97 Å². The highest BCUT2D eigenvalue weighted by Gasteiger charge is 2.35. The second-order valence-corrected chi connectivity index (χ2v) is 4.53. The summed E-state index contributed by atoms with van der Waals surface area (Å²) < 4.78 is 5.73. The Morgan fingerprint density at radius 1 is 1.38 bits per heavy atom. The molecule has 1 aromatic rings. The quantitative estimate of drug-likeness (QED) is 0.773. The third-order valence-corrected chi connectivity index (χ3v) is 3.53. The van der Waals surface area contributed by atoms with Crippen LogP contribution in [0.25, 0.3) is 0 Å². The number of imidazole rings is 1. The van der Waals surface area contributed by atoms with Gasteiger partial charge in [-0.05, 0) is 12.8 Å². The minimum Gasteiger partial charge on any atom is -0.390 e. The van der Waals surface area contributed by atoms with E-state index in [1.54, 1.807) is 13.3 Å². The van der Waals surface area contributed by atoms with Gasteiger partial charge in [-0.15, -0.1) is 0 Å². The van der Waals surface area contributed by atoms with Gasteiger partial charge in [0.2, 0.25) is 0 Å². The highest BCUT2D eigenvalue weighted by Crippen LogP contribution is 2.37. The Morgan fingerprint density at radius 2 is 2.06 bits per heavy atom. The van der Waals surface area contributed by atoms with Crippen LogP contribution in [0, 0.1) is 0 Å². The molecule has 0 bridgehead atoms. The van der Waals surface area contributed by atoms with Crippen LogP contribution < -0.4 is 0 Å². The second-order valence-electron chi connectivity index (χ2n) is 4.53. The molecule has 1 saturated carbocycles. The number of hydrogen-bond donors (Lipinski definition) is 2. The average molecular weight is 224 g/mol. The van der Waals surface area contributed by atoms with E-state index in [2.05, 4.69) is 9.97 Å². The lowest BCUT2D eigenvalue weighted by atomic mass is 9.93. The van der Waals surface area contributed by atoms with Crippen LogP contribution in [0.2, 0.25) is 0 Å². The summed E-state index contributed by atoms with van der Waals surface area (Å²) in [5.41, 5.74) is 0.500. The Bertz CT molecular complexity index is 328. The highest BCUT2D eigenvalue weighted by atomic mass is 16.5. The zero-order valence-electron chi connectivity index (χ0n) is 9.83. The number of ether oxygens (including phenoxy) is 1. The lowest BCUT2D eigenvalue weighted by molar-refractivity contribution is -0.0346. The molecule has 0 saturated heterocycles. The number of aliphatic hydroxyl groups is 1. The number of hydrogen-bond acceptors (Lipinski definition) is 3. The molecule has 1 aliphatic carbocycles. The molecule has 1 aromatic heterocycles. The molecule has 1 heterocycles. The minimum atomic E-state index is -0.260. The van der Waals surface area contributed by atoms with Crippen LogP contribution in [0.5, 0.6) is 0 Å². The number of aromatic nitrogens is 2. The van der Waals surface area contributed by atoms with Crippen molar-refractivity contribution >= 4 is 0 Å². The fourth-order valence-electron chi connectivity index (χ4n) is 2.51. The lowest BCUT2D eigenvalue weighted by Crippen LogP contribution is -2.29. The minimum absolute atomic E-state index is 0.00674. The van der Waals surface area contributed by atoms with Crippen molar-refractivity contribution in [1.29, 1.82) is 0 Å². The molecule has 16 heavy (non-hydrogen) atoms. The first kappa shape index (κ1) is 11.6. The maximum Gasteiger partial charge on any atom is 0.138 e. The standard InChI is InChI=1S/C12H20N2O2/c1-16-12(6-4-2-3-5-7-12)11-13-8-10(9-15)14-11/h8,15H,2-7,9H2,1H3,(H,13,14). The molecular formula is C12H20N2O2. The normalized spacial score (nSPS) is 20.6. The topological polar surface area (TPSA) is 58.1 Å². The summed E-state index contributed by atoms with van der Waals surface area (Å²) in [7, 11) is 1.76. The van der Waals surface area contributed by atoms with Crippen molar-refractivity contribution in [2.75, 3.05) is 7.11 Å². The number of H-pyrrole nitrogens is 1. The fraction of sp³-hybridized carbons (Fsp3) is 0.750. The molecule has 0 unspecified atom stereocenters. The Labute approximate surface area is 96.0 Å². The Kier molecular flexibility index (Phi) is 3.61. The first-order valence-corrected chi connectivity index (χ1v) is 6.01. The van der Waals surface area contributed by atoms with Crippen molar-refractivity contribution in [3.05, 3.63) is 17.7 Å². The number of rotatable bonds is 3. The largest absolute Gasteiger partial charge is 0.390 e. The van der Waals surface area contributed by atoms with Crippen LogP contribution in [0.15, 0.2) is 6.20 Å². The van der Waals surface area contributed by atoms with E-state index in [4.69, 9.17) is 9.84 Å². The first-order valence-electron chi connectivity index (χ1n) is 6.01. The Morgan fingerprint density at radius 3 is 2.56 bits per heavy atom. The van der Waals surface area contributed by atoms with Gasteiger partial charge in [0.15, 0.2) is 0 Å². The van der Waals surface area contributed by atoms with E-state index in [1.807, 2.05) is 0 Å². The molecule has 0 radical (unpaired) electrons. The van der Waals surface area contributed by atoms with Crippen molar-refractivity contribution in [2.24, 2.45) is 0 Å². The molecule has 0 aromatic carbocycles. The third-order valence-electron chi connectivity index (χ3n) is 3.53. The average Bonchev–Trinajstić information content (AvgIpc) is 2.68. The fourth-order valence-corrected chi connectivity index (χ4v) is 2.51. The van der Waals surface area contributed by atoms with Crippen LogP contribution in [0.4, 0.5) is 0 Å². The van der Waals surface area contributed by atoms with E-state index in [9.17, 15) is 0 Å². The molecule has 90 valence electrons. The SMILES string of the molecule is COC1(c2ncc(CO)[nH]2)CCCCCC1. The van der Waals surface area contributed by atoms with Gasteiger partial charge in [-0.1, -0.05) is 25.7 Å². The number of nitrogens with zero attached hydrogens (tertiary/aromatic N) is 1. The van der Waals surface area contributed by atoms with Crippen LogP contribution in [0.3, 0.4) is 0 Å². The Hall–Kier alpha value is -0.870. The van der Waals surface area contributed by atoms with E-state index in [-0.39, 0.29) is 12.2 Å². The van der Waals surface area contributed by atoms with Crippen molar-refractivity contribution in [3.63, 3.8) is 0 Å². The first-order chi connectivity index (χ1) is 7.80. The van der Waals surface area contributed by atoms with Crippen molar-refractivity contribution in [2.45, 2.75) is 50.7 Å².